The monoisotopic (exact) mass is 430 g/mol. The van der Waals surface area contributed by atoms with E-state index in [2.05, 4.69) is 14.7 Å². The molecule has 0 radical (unpaired) electrons. The number of oxime groups is 1. The molecule has 11 heteroatoms. The molecular formula is C16H12Cl2N2O6S. The van der Waals surface area contributed by atoms with E-state index in [0.717, 1.165) is 19.4 Å². The van der Waals surface area contributed by atoms with Crippen molar-refractivity contribution in [3.8, 4) is 0 Å². The van der Waals surface area contributed by atoms with Gasteiger partial charge in [-0.1, -0.05) is 46.6 Å². The van der Waals surface area contributed by atoms with Gasteiger partial charge in [-0.3, -0.25) is 4.84 Å². The minimum atomic E-state index is -4.41. The van der Waals surface area contributed by atoms with Crippen LogP contribution in [0.1, 0.15) is 15.9 Å². The molecule has 0 saturated carbocycles. The van der Waals surface area contributed by atoms with E-state index < -0.39 is 27.0 Å². The Morgan fingerprint density at radius 2 is 1.70 bits per heavy atom. The lowest BCUT2D eigenvalue weighted by Gasteiger charge is -2.09. The highest BCUT2D eigenvalue weighted by molar-refractivity contribution is 7.90. The third-order valence-electron chi connectivity index (χ3n) is 3.12. The van der Waals surface area contributed by atoms with Gasteiger partial charge in [0, 0.05) is 5.56 Å². The van der Waals surface area contributed by atoms with E-state index in [-0.39, 0.29) is 21.2 Å². The molecule has 0 heterocycles. The molecule has 0 aromatic heterocycles. The Labute approximate surface area is 164 Å². The van der Waals surface area contributed by atoms with E-state index in [1.807, 2.05) is 0 Å². The first-order valence-corrected chi connectivity index (χ1v) is 9.38. The highest BCUT2D eigenvalue weighted by Gasteiger charge is 2.25. The van der Waals surface area contributed by atoms with Crippen molar-refractivity contribution in [2.45, 2.75) is 4.90 Å². The molecule has 2 aromatic rings. The number of nitrogens with one attached hydrogen (secondary N) is 1. The van der Waals surface area contributed by atoms with Crippen LogP contribution >= 0.6 is 23.2 Å². The molecule has 142 valence electrons. The van der Waals surface area contributed by atoms with Gasteiger partial charge in [0.15, 0.2) is 0 Å². The number of amides is 1. The van der Waals surface area contributed by atoms with Crippen LogP contribution in [0.25, 0.3) is 0 Å². The lowest BCUT2D eigenvalue weighted by molar-refractivity contribution is 0.0596. The Balaban J connectivity index is 2.14. The zero-order chi connectivity index (χ0) is 20.0. The van der Waals surface area contributed by atoms with E-state index in [9.17, 15) is 18.0 Å². The summed E-state index contributed by atoms with van der Waals surface area (Å²) in [7, 11) is -3.31. The van der Waals surface area contributed by atoms with Crippen molar-refractivity contribution in [2.24, 2.45) is 5.16 Å². The van der Waals surface area contributed by atoms with Crippen molar-refractivity contribution >= 4 is 51.5 Å². The normalized spacial score (nSPS) is 11.2. The van der Waals surface area contributed by atoms with Crippen LogP contribution < -0.4 is 4.72 Å². The van der Waals surface area contributed by atoms with Crippen molar-refractivity contribution in [2.75, 3.05) is 7.11 Å². The minimum Gasteiger partial charge on any atom is -0.465 e. The number of hydrogen-bond donors (Lipinski definition) is 1. The van der Waals surface area contributed by atoms with Crippen LogP contribution in [0, 0.1) is 0 Å². The molecule has 27 heavy (non-hydrogen) atoms. The van der Waals surface area contributed by atoms with Gasteiger partial charge in [-0.25, -0.2) is 22.7 Å². The van der Waals surface area contributed by atoms with Gasteiger partial charge < -0.3 is 4.74 Å². The summed E-state index contributed by atoms with van der Waals surface area (Å²) in [6, 6.07) is 9.90. The number of benzene rings is 2. The zero-order valence-electron chi connectivity index (χ0n) is 13.7. The van der Waals surface area contributed by atoms with Gasteiger partial charge in [0.05, 0.1) is 28.9 Å². The van der Waals surface area contributed by atoms with E-state index >= 15 is 0 Å². The number of sulfonamides is 1. The molecule has 0 spiro atoms. The highest BCUT2D eigenvalue weighted by Crippen LogP contribution is 2.22. The molecule has 0 saturated heterocycles. The number of esters is 1. The summed E-state index contributed by atoms with van der Waals surface area (Å²) in [5.74, 6) is -0.879. The SMILES string of the molecule is COC(=O)c1ccccc1S(=O)(=O)NC(=O)O/N=C/c1c(Cl)cccc1Cl. The smallest absolute Gasteiger partial charge is 0.447 e. The van der Waals surface area contributed by atoms with Gasteiger partial charge in [-0.05, 0) is 24.3 Å². The fourth-order valence-electron chi connectivity index (χ4n) is 1.92. The van der Waals surface area contributed by atoms with Crippen LogP contribution in [-0.4, -0.2) is 33.8 Å². The Bertz CT molecular complexity index is 987. The molecule has 0 aliphatic heterocycles. The number of nitrogens with zero attached hydrogens (tertiary/aromatic N) is 1. The predicted molar refractivity (Wildman–Crippen MR) is 98.6 cm³/mol. The molecule has 0 fully saturated rings. The molecule has 0 unspecified atom stereocenters. The number of halogens is 2. The summed E-state index contributed by atoms with van der Waals surface area (Å²) in [6.07, 6.45) is -0.340. The van der Waals surface area contributed by atoms with E-state index in [1.165, 1.54) is 18.2 Å². The van der Waals surface area contributed by atoms with Gasteiger partial charge in [-0.2, -0.15) is 0 Å². The molecular weight excluding hydrogens is 419 g/mol. The average molecular weight is 431 g/mol. The maximum Gasteiger partial charge on any atom is 0.447 e. The largest absolute Gasteiger partial charge is 0.465 e. The summed E-state index contributed by atoms with van der Waals surface area (Å²) in [4.78, 5) is 27.4. The Hall–Kier alpha value is -2.62. The maximum absolute atomic E-state index is 12.3. The second-order valence-corrected chi connectivity index (χ2v) is 7.31. The van der Waals surface area contributed by atoms with Crippen LogP contribution in [0.15, 0.2) is 52.5 Å². The fraction of sp³-hybridized carbons (Fsp3) is 0.0625. The third kappa shape index (κ3) is 5.19. The van der Waals surface area contributed by atoms with Crippen LogP contribution in [0.4, 0.5) is 4.79 Å². The number of carbonyl (C=O) groups is 2. The van der Waals surface area contributed by atoms with Gasteiger partial charge >= 0.3 is 12.1 Å². The van der Waals surface area contributed by atoms with Crippen LogP contribution in [-0.2, 0) is 19.6 Å². The summed E-state index contributed by atoms with van der Waals surface area (Å²) < 4.78 is 30.8. The molecule has 2 aromatic carbocycles. The predicted octanol–water partition coefficient (Wildman–Crippen LogP) is 3.23. The standard InChI is InChI=1S/C16H12Cl2N2O6S/c1-25-15(21)10-5-2-3-8-14(10)27(23,24)20-16(22)26-19-9-11-12(17)6-4-7-13(11)18/h2-9H,1H3,(H,20,22)/b19-9+. The van der Waals surface area contributed by atoms with Crippen LogP contribution in [0.3, 0.4) is 0 Å². The lowest BCUT2D eigenvalue weighted by atomic mass is 10.2. The molecule has 1 N–H and O–H groups in total. The number of ether oxygens (including phenoxy) is 1. The van der Waals surface area contributed by atoms with Crippen molar-refractivity contribution in [1.29, 1.82) is 0 Å². The van der Waals surface area contributed by atoms with Crippen molar-refractivity contribution in [3.63, 3.8) is 0 Å². The summed E-state index contributed by atoms with van der Waals surface area (Å²) in [5, 5.41) is 3.87. The first kappa shape index (κ1) is 20.7. The van der Waals surface area contributed by atoms with E-state index in [1.54, 1.807) is 22.9 Å². The molecule has 1 amide bonds. The van der Waals surface area contributed by atoms with Gasteiger partial charge in [0.25, 0.3) is 10.0 Å². The Morgan fingerprint density at radius 1 is 1.07 bits per heavy atom. The van der Waals surface area contributed by atoms with Gasteiger partial charge in [0.1, 0.15) is 4.90 Å². The summed E-state index contributed by atoms with van der Waals surface area (Å²) in [5.41, 5.74) is 0.0409. The highest BCUT2D eigenvalue weighted by atomic mass is 35.5. The maximum atomic E-state index is 12.3. The number of methoxy groups -OCH3 is 1. The number of hydrogen-bond acceptors (Lipinski definition) is 7. The Kier molecular flexibility index (Phi) is 6.78. The second kappa shape index (κ2) is 8.85. The first-order chi connectivity index (χ1) is 12.8. The fourth-order valence-corrected chi connectivity index (χ4v) is 3.48. The Morgan fingerprint density at radius 3 is 2.33 bits per heavy atom. The van der Waals surface area contributed by atoms with Gasteiger partial charge in [-0.15, -0.1) is 0 Å². The van der Waals surface area contributed by atoms with Crippen molar-refractivity contribution in [3.05, 3.63) is 63.6 Å². The lowest BCUT2D eigenvalue weighted by Crippen LogP contribution is -2.31. The zero-order valence-corrected chi connectivity index (χ0v) is 16.0. The molecule has 0 bridgehead atoms. The molecule has 2 rings (SSSR count). The first-order valence-electron chi connectivity index (χ1n) is 7.15. The topological polar surface area (TPSA) is 111 Å². The van der Waals surface area contributed by atoms with Gasteiger partial charge in [0.2, 0.25) is 0 Å². The molecule has 8 nitrogen and oxygen atoms in total. The van der Waals surface area contributed by atoms with E-state index in [0.29, 0.717) is 0 Å². The minimum absolute atomic E-state index is 0.244. The quantitative estimate of drug-likeness (QED) is 0.337. The number of carbonyl (C=O) groups excluding carboxylic acids is 2. The summed E-state index contributed by atoms with van der Waals surface area (Å²) in [6.45, 7) is 0. The number of rotatable bonds is 5. The van der Waals surface area contributed by atoms with Crippen molar-refractivity contribution in [1.82, 2.24) is 4.72 Å². The molecule has 0 aliphatic rings. The van der Waals surface area contributed by atoms with Crippen LogP contribution in [0.2, 0.25) is 10.0 Å². The summed E-state index contributed by atoms with van der Waals surface area (Å²) >= 11 is 11.8. The van der Waals surface area contributed by atoms with Crippen LogP contribution in [0.5, 0.6) is 0 Å². The van der Waals surface area contributed by atoms with Crippen molar-refractivity contribution < 1.29 is 27.6 Å². The average Bonchev–Trinajstić information content (AvgIpc) is 2.63. The van der Waals surface area contributed by atoms with E-state index in [4.69, 9.17) is 23.2 Å². The molecule has 0 atom stereocenters. The second-order valence-electron chi connectivity index (χ2n) is 4.84. The molecule has 0 aliphatic carbocycles. The third-order valence-corrected chi connectivity index (χ3v) is 5.15.